The zero-order valence-electron chi connectivity index (χ0n) is 14.1. The van der Waals surface area contributed by atoms with Crippen LogP contribution in [0.1, 0.15) is 17.0 Å². The molecule has 0 bridgehead atoms. The van der Waals surface area contributed by atoms with Crippen LogP contribution in [-0.2, 0) is 10.5 Å². The second kappa shape index (κ2) is 7.09. The molecule has 3 aromatic rings. The van der Waals surface area contributed by atoms with Gasteiger partial charge in [0.1, 0.15) is 5.76 Å². The quantitative estimate of drug-likeness (QED) is 0.693. The van der Waals surface area contributed by atoms with Crippen molar-refractivity contribution >= 4 is 34.1 Å². The highest BCUT2D eigenvalue weighted by Crippen LogP contribution is 2.23. The van der Waals surface area contributed by atoms with Gasteiger partial charge in [0.05, 0.1) is 11.4 Å². The Kier molecular flexibility index (Phi) is 4.90. The first-order chi connectivity index (χ1) is 11.6. The molecular formula is C19H20N2O2S. The molecule has 124 valence electrons. The van der Waals surface area contributed by atoms with Crippen molar-refractivity contribution in [2.45, 2.75) is 19.6 Å². The SMILES string of the molecule is Cc1noc(C)c1CSCC(=O)N(C)c1ccc2ccccc2c1. The van der Waals surface area contributed by atoms with Crippen LogP contribution in [0.4, 0.5) is 5.69 Å². The molecule has 4 nitrogen and oxygen atoms in total. The van der Waals surface area contributed by atoms with Crippen molar-refractivity contribution < 1.29 is 9.32 Å². The van der Waals surface area contributed by atoms with Gasteiger partial charge in [-0.15, -0.1) is 11.8 Å². The average molecular weight is 340 g/mol. The average Bonchev–Trinajstić information content (AvgIpc) is 2.92. The van der Waals surface area contributed by atoms with E-state index in [0.29, 0.717) is 5.75 Å². The lowest BCUT2D eigenvalue weighted by atomic mass is 10.1. The van der Waals surface area contributed by atoms with Crippen molar-refractivity contribution in [2.75, 3.05) is 17.7 Å². The number of carbonyl (C=O) groups excluding carboxylic acids is 1. The number of amides is 1. The van der Waals surface area contributed by atoms with E-state index in [2.05, 4.69) is 17.3 Å². The standard InChI is InChI=1S/C19H20N2O2S/c1-13-18(14(2)23-20-13)11-24-12-19(22)21(3)17-9-8-15-6-4-5-7-16(15)10-17/h4-10H,11-12H2,1-3H3. The van der Waals surface area contributed by atoms with Gasteiger partial charge in [0, 0.05) is 24.1 Å². The van der Waals surface area contributed by atoms with Crippen LogP contribution in [-0.4, -0.2) is 23.9 Å². The van der Waals surface area contributed by atoms with E-state index in [0.717, 1.165) is 33.8 Å². The number of rotatable bonds is 5. The van der Waals surface area contributed by atoms with E-state index >= 15 is 0 Å². The molecule has 3 rings (SSSR count). The van der Waals surface area contributed by atoms with E-state index in [4.69, 9.17) is 4.52 Å². The van der Waals surface area contributed by atoms with E-state index in [1.807, 2.05) is 51.2 Å². The Bertz CT molecular complexity index is 853. The Morgan fingerprint density at radius 2 is 1.92 bits per heavy atom. The van der Waals surface area contributed by atoms with E-state index in [1.54, 1.807) is 16.7 Å². The molecule has 0 N–H and O–H groups in total. The molecule has 0 aliphatic rings. The number of fused-ring (bicyclic) bond motifs is 1. The van der Waals surface area contributed by atoms with Gasteiger partial charge in [-0.3, -0.25) is 4.79 Å². The molecule has 24 heavy (non-hydrogen) atoms. The molecule has 0 saturated heterocycles. The normalized spacial score (nSPS) is 11.0. The van der Waals surface area contributed by atoms with Gasteiger partial charge in [0.2, 0.25) is 5.91 Å². The Hall–Kier alpha value is -2.27. The first-order valence-corrected chi connectivity index (χ1v) is 8.96. The predicted octanol–water partition coefficient (Wildman–Crippen LogP) is 4.34. The number of nitrogens with zero attached hydrogens (tertiary/aromatic N) is 2. The molecular weight excluding hydrogens is 320 g/mol. The number of hydrogen-bond acceptors (Lipinski definition) is 4. The highest BCUT2D eigenvalue weighted by molar-refractivity contribution is 7.99. The minimum atomic E-state index is 0.0852. The zero-order chi connectivity index (χ0) is 17.1. The van der Waals surface area contributed by atoms with Crippen LogP contribution in [0.2, 0.25) is 0 Å². The molecule has 0 atom stereocenters. The van der Waals surface area contributed by atoms with Crippen LogP contribution in [0.25, 0.3) is 10.8 Å². The molecule has 0 fully saturated rings. The summed E-state index contributed by atoms with van der Waals surface area (Å²) in [5, 5.41) is 6.25. The number of aryl methyl sites for hydroxylation is 2. The fraction of sp³-hybridized carbons (Fsp3) is 0.263. The summed E-state index contributed by atoms with van der Waals surface area (Å²) in [6.07, 6.45) is 0. The lowest BCUT2D eigenvalue weighted by Gasteiger charge is -2.17. The van der Waals surface area contributed by atoms with E-state index in [1.165, 1.54) is 5.39 Å². The van der Waals surface area contributed by atoms with Crippen LogP contribution in [0.5, 0.6) is 0 Å². The topological polar surface area (TPSA) is 46.3 Å². The minimum Gasteiger partial charge on any atom is -0.361 e. The summed E-state index contributed by atoms with van der Waals surface area (Å²) in [4.78, 5) is 14.2. The van der Waals surface area contributed by atoms with Crippen LogP contribution in [0.3, 0.4) is 0 Å². The summed E-state index contributed by atoms with van der Waals surface area (Å²) in [7, 11) is 1.82. The predicted molar refractivity (Wildman–Crippen MR) is 99.5 cm³/mol. The van der Waals surface area contributed by atoms with Crippen LogP contribution in [0.15, 0.2) is 47.0 Å². The molecule has 0 unspecified atom stereocenters. The smallest absolute Gasteiger partial charge is 0.236 e. The van der Waals surface area contributed by atoms with Crippen molar-refractivity contribution in [1.82, 2.24) is 5.16 Å². The van der Waals surface area contributed by atoms with E-state index in [-0.39, 0.29) is 5.91 Å². The Morgan fingerprint density at radius 1 is 1.17 bits per heavy atom. The summed E-state index contributed by atoms with van der Waals surface area (Å²) in [5.41, 5.74) is 2.90. The largest absolute Gasteiger partial charge is 0.361 e. The number of benzene rings is 2. The monoisotopic (exact) mass is 340 g/mol. The summed E-state index contributed by atoms with van der Waals surface area (Å²) in [6, 6.07) is 14.2. The molecule has 0 radical (unpaired) electrons. The second-order valence-corrected chi connectivity index (χ2v) is 6.77. The van der Waals surface area contributed by atoms with Crippen molar-refractivity contribution in [3.8, 4) is 0 Å². The first kappa shape index (κ1) is 16.6. The number of aromatic nitrogens is 1. The van der Waals surface area contributed by atoms with Gasteiger partial charge in [-0.1, -0.05) is 35.5 Å². The Morgan fingerprint density at radius 3 is 2.62 bits per heavy atom. The second-order valence-electron chi connectivity index (χ2n) is 5.78. The van der Waals surface area contributed by atoms with Crippen molar-refractivity contribution in [3.63, 3.8) is 0 Å². The summed E-state index contributed by atoms with van der Waals surface area (Å²) < 4.78 is 5.15. The number of carbonyl (C=O) groups is 1. The van der Waals surface area contributed by atoms with Gasteiger partial charge in [-0.2, -0.15) is 0 Å². The van der Waals surface area contributed by atoms with Crippen LogP contribution < -0.4 is 4.90 Å². The van der Waals surface area contributed by atoms with Crippen molar-refractivity contribution in [1.29, 1.82) is 0 Å². The number of anilines is 1. The molecule has 0 aliphatic heterocycles. The fourth-order valence-electron chi connectivity index (χ4n) is 2.57. The number of hydrogen-bond donors (Lipinski definition) is 0. The van der Waals surface area contributed by atoms with Crippen molar-refractivity contribution in [2.24, 2.45) is 0 Å². The maximum atomic E-state index is 12.4. The van der Waals surface area contributed by atoms with E-state index in [9.17, 15) is 4.79 Å². The Labute approximate surface area is 145 Å². The van der Waals surface area contributed by atoms with Crippen LogP contribution in [0, 0.1) is 13.8 Å². The molecule has 1 heterocycles. The molecule has 5 heteroatoms. The highest BCUT2D eigenvalue weighted by Gasteiger charge is 2.14. The zero-order valence-corrected chi connectivity index (χ0v) is 14.9. The lowest BCUT2D eigenvalue weighted by Crippen LogP contribution is -2.27. The fourth-order valence-corrected chi connectivity index (χ4v) is 3.66. The van der Waals surface area contributed by atoms with Gasteiger partial charge in [0.15, 0.2) is 0 Å². The third-order valence-electron chi connectivity index (χ3n) is 4.15. The van der Waals surface area contributed by atoms with Gasteiger partial charge >= 0.3 is 0 Å². The summed E-state index contributed by atoms with van der Waals surface area (Å²) in [5.74, 6) is 2.07. The first-order valence-electron chi connectivity index (χ1n) is 7.81. The van der Waals surface area contributed by atoms with Gasteiger partial charge in [-0.05, 0) is 36.8 Å². The molecule has 1 aromatic heterocycles. The minimum absolute atomic E-state index is 0.0852. The van der Waals surface area contributed by atoms with E-state index < -0.39 is 0 Å². The molecule has 2 aromatic carbocycles. The van der Waals surface area contributed by atoms with Gasteiger partial charge in [-0.25, -0.2) is 0 Å². The van der Waals surface area contributed by atoms with Crippen molar-refractivity contribution in [3.05, 3.63) is 59.5 Å². The molecule has 1 amide bonds. The maximum Gasteiger partial charge on any atom is 0.236 e. The third kappa shape index (κ3) is 3.46. The summed E-state index contributed by atoms with van der Waals surface area (Å²) >= 11 is 1.58. The third-order valence-corrected chi connectivity index (χ3v) is 5.09. The lowest BCUT2D eigenvalue weighted by molar-refractivity contribution is -0.115. The molecule has 0 saturated carbocycles. The maximum absolute atomic E-state index is 12.4. The molecule has 0 aliphatic carbocycles. The van der Waals surface area contributed by atoms with Crippen LogP contribution >= 0.6 is 11.8 Å². The van der Waals surface area contributed by atoms with Gasteiger partial charge in [0.25, 0.3) is 0 Å². The highest BCUT2D eigenvalue weighted by atomic mass is 32.2. The summed E-state index contributed by atoms with van der Waals surface area (Å²) in [6.45, 7) is 3.83. The van der Waals surface area contributed by atoms with Gasteiger partial charge < -0.3 is 9.42 Å². The number of thioether (sulfide) groups is 1. The molecule has 0 spiro atoms. The Balaban J connectivity index is 1.63.